The number of anilines is 1. The smallest absolute Gasteiger partial charge is 0.255 e. The van der Waals surface area contributed by atoms with Gasteiger partial charge in [-0.15, -0.1) is 0 Å². The zero-order valence-corrected chi connectivity index (χ0v) is 15.0. The van der Waals surface area contributed by atoms with Gasteiger partial charge >= 0.3 is 0 Å². The van der Waals surface area contributed by atoms with Gasteiger partial charge in [-0.3, -0.25) is 14.9 Å². The fourth-order valence-corrected chi connectivity index (χ4v) is 4.71. The molecule has 1 saturated heterocycles. The summed E-state index contributed by atoms with van der Waals surface area (Å²) in [5.41, 5.74) is 1.01. The van der Waals surface area contributed by atoms with Gasteiger partial charge in [0.15, 0.2) is 5.13 Å². The molecule has 1 N–H and O–H groups in total. The number of nitrogens with one attached hydrogen (secondary N) is 1. The first-order valence-corrected chi connectivity index (χ1v) is 9.87. The van der Waals surface area contributed by atoms with Gasteiger partial charge < -0.3 is 9.64 Å². The highest BCUT2D eigenvalue weighted by molar-refractivity contribution is 7.15. The molecule has 0 radical (unpaired) electrons. The van der Waals surface area contributed by atoms with Crippen molar-refractivity contribution >= 4 is 28.3 Å². The Morgan fingerprint density at radius 1 is 1.32 bits per heavy atom. The van der Waals surface area contributed by atoms with Gasteiger partial charge in [-0.2, -0.15) is 0 Å². The Balaban J connectivity index is 1.39. The van der Waals surface area contributed by atoms with Gasteiger partial charge in [0.2, 0.25) is 5.91 Å². The molecule has 134 valence electrons. The Bertz CT molecular complexity index is 694. The lowest BCUT2D eigenvalue weighted by molar-refractivity contribution is -0.136. The number of allylic oxidation sites excluding steroid dienone is 2. The summed E-state index contributed by atoms with van der Waals surface area (Å²) in [6, 6.07) is 0. The molecule has 2 amide bonds. The third kappa shape index (κ3) is 3.62. The number of hydrogen-bond donors (Lipinski definition) is 1. The van der Waals surface area contributed by atoms with Crippen LogP contribution in [0.5, 0.6) is 0 Å². The van der Waals surface area contributed by atoms with Crippen molar-refractivity contribution < 1.29 is 14.3 Å². The van der Waals surface area contributed by atoms with E-state index in [1.807, 2.05) is 4.90 Å². The summed E-state index contributed by atoms with van der Waals surface area (Å²) >= 11 is 1.48. The molecule has 1 aromatic rings. The van der Waals surface area contributed by atoms with Gasteiger partial charge in [0.25, 0.3) is 5.91 Å². The number of ether oxygens (including phenoxy) is 1. The molecule has 2 atom stereocenters. The normalized spacial score (nSPS) is 25.7. The Morgan fingerprint density at radius 2 is 2.24 bits per heavy atom. The average Bonchev–Trinajstić information content (AvgIpc) is 3.30. The number of hydrogen-bond acceptors (Lipinski definition) is 5. The quantitative estimate of drug-likeness (QED) is 0.840. The van der Waals surface area contributed by atoms with Crippen molar-refractivity contribution in [3.05, 3.63) is 22.7 Å². The van der Waals surface area contributed by atoms with Gasteiger partial charge in [-0.25, -0.2) is 4.98 Å². The Hall–Kier alpha value is -1.73. The summed E-state index contributed by atoms with van der Waals surface area (Å²) in [5, 5.41) is 3.50. The minimum absolute atomic E-state index is 0.106. The van der Waals surface area contributed by atoms with Crippen molar-refractivity contribution in [2.24, 2.45) is 5.92 Å². The molecule has 1 fully saturated rings. The van der Waals surface area contributed by atoms with E-state index in [9.17, 15) is 9.59 Å². The minimum atomic E-state index is -0.349. The first-order valence-electron chi connectivity index (χ1n) is 9.05. The molecule has 1 aliphatic carbocycles. The van der Waals surface area contributed by atoms with E-state index in [1.165, 1.54) is 11.3 Å². The number of nitrogens with zero attached hydrogens (tertiary/aromatic N) is 2. The van der Waals surface area contributed by atoms with Crippen LogP contribution in [0.3, 0.4) is 0 Å². The van der Waals surface area contributed by atoms with Crippen LogP contribution in [0.1, 0.15) is 42.7 Å². The number of carbonyl (C=O) groups is 2. The first kappa shape index (κ1) is 16.7. The second-order valence-electron chi connectivity index (χ2n) is 6.87. The maximum Gasteiger partial charge on any atom is 0.255 e. The van der Waals surface area contributed by atoms with Crippen LogP contribution in [-0.4, -0.2) is 41.0 Å². The molecule has 0 saturated carbocycles. The van der Waals surface area contributed by atoms with Crippen LogP contribution in [0.4, 0.5) is 5.13 Å². The highest BCUT2D eigenvalue weighted by atomic mass is 32.1. The maximum atomic E-state index is 12.7. The summed E-state index contributed by atoms with van der Waals surface area (Å²) in [4.78, 5) is 32.5. The Morgan fingerprint density at radius 3 is 3.00 bits per heavy atom. The van der Waals surface area contributed by atoms with E-state index in [0.717, 1.165) is 55.6 Å². The molecule has 0 bridgehead atoms. The van der Waals surface area contributed by atoms with E-state index >= 15 is 0 Å². The molecule has 4 rings (SSSR count). The number of amides is 2. The molecule has 0 spiro atoms. The highest BCUT2D eigenvalue weighted by Crippen LogP contribution is 2.31. The Labute approximate surface area is 151 Å². The van der Waals surface area contributed by atoms with Crippen LogP contribution in [-0.2, 0) is 27.3 Å². The number of carbonyl (C=O) groups excluding carboxylic acids is 2. The van der Waals surface area contributed by atoms with Crippen molar-refractivity contribution in [3.63, 3.8) is 0 Å². The topological polar surface area (TPSA) is 71.5 Å². The zero-order chi connectivity index (χ0) is 17.2. The summed E-state index contributed by atoms with van der Waals surface area (Å²) in [5.74, 6) is 0.275. The van der Waals surface area contributed by atoms with E-state index in [0.29, 0.717) is 18.3 Å². The highest BCUT2D eigenvalue weighted by Gasteiger charge is 2.30. The molecule has 7 heteroatoms. The van der Waals surface area contributed by atoms with Crippen LogP contribution < -0.4 is 5.32 Å². The molecule has 0 unspecified atom stereocenters. The molecule has 0 aromatic carbocycles. The predicted molar refractivity (Wildman–Crippen MR) is 95.3 cm³/mol. The van der Waals surface area contributed by atoms with Crippen LogP contribution in [0.2, 0.25) is 0 Å². The second kappa shape index (κ2) is 7.25. The van der Waals surface area contributed by atoms with Crippen molar-refractivity contribution in [1.82, 2.24) is 9.88 Å². The Kier molecular flexibility index (Phi) is 4.85. The van der Waals surface area contributed by atoms with Crippen molar-refractivity contribution in [2.75, 3.05) is 18.5 Å². The summed E-state index contributed by atoms with van der Waals surface area (Å²) in [6.07, 6.45) is 9.19. The largest absolute Gasteiger partial charge is 0.368 e. The van der Waals surface area contributed by atoms with Gasteiger partial charge in [0.05, 0.1) is 12.2 Å². The van der Waals surface area contributed by atoms with E-state index in [-0.39, 0.29) is 23.8 Å². The van der Waals surface area contributed by atoms with E-state index in [1.54, 1.807) is 0 Å². The van der Waals surface area contributed by atoms with Crippen LogP contribution in [0.25, 0.3) is 0 Å². The molecular weight excluding hydrogens is 338 g/mol. The molecule has 6 nitrogen and oxygen atoms in total. The summed E-state index contributed by atoms with van der Waals surface area (Å²) in [7, 11) is 0. The molecule has 3 heterocycles. The third-order valence-corrected chi connectivity index (χ3v) is 6.11. The van der Waals surface area contributed by atoms with E-state index < -0.39 is 0 Å². The summed E-state index contributed by atoms with van der Waals surface area (Å²) < 4.78 is 5.41. The second-order valence-corrected chi connectivity index (χ2v) is 7.95. The van der Waals surface area contributed by atoms with Gasteiger partial charge in [0, 0.05) is 30.4 Å². The van der Waals surface area contributed by atoms with E-state index in [4.69, 9.17) is 4.74 Å². The van der Waals surface area contributed by atoms with Gasteiger partial charge in [-0.1, -0.05) is 23.5 Å². The van der Waals surface area contributed by atoms with Crippen LogP contribution in [0.15, 0.2) is 12.2 Å². The van der Waals surface area contributed by atoms with Crippen molar-refractivity contribution in [1.29, 1.82) is 0 Å². The number of thiazole rings is 1. The predicted octanol–water partition coefficient (Wildman–Crippen LogP) is 2.50. The maximum absolute atomic E-state index is 12.7. The minimum Gasteiger partial charge on any atom is -0.368 e. The fraction of sp³-hybridized carbons (Fsp3) is 0.611. The number of rotatable bonds is 3. The molecular formula is C18H23N3O3S. The molecule has 3 aliphatic rings. The molecule has 2 aliphatic heterocycles. The number of aromatic nitrogens is 1. The standard InChI is InChI=1S/C18H23N3O3S/c22-16(14-7-4-10-24-14)20-18-19-13-8-9-21(11-15(13)25-18)17(23)12-5-2-1-3-6-12/h1-2,12,14H,3-11H2,(H,19,20,22)/t12-,14+/m1/s1. The van der Waals surface area contributed by atoms with Crippen molar-refractivity contribution in [2.45, 2.75) is 51.2 Å². The SMILES string of the molecule is O=C(Nc1nc2c(s1)CN(C(=O)[C@@H]1CC=CCC1)CC2)[C@@H]1CCCO1. The fourth-order valence-electron chi connectivity index (χ4n) is 3.68. The molecule has 1 aromatic heterocycles. The van der Waals surface area contributed by atoms with E-state index in [2.05, 4.69) is 22.5 Å². The lowest BCUT2D eigenvalue weighted by atomic mass is 9.92. The van der Waals surface area contributed by atoms with Crippen LogP contribution >= 0.6 is 11.3 Å². The lowest BCUT2D eigenvalue weighted by Crippen LogP contribution is -2.39. The monoisotopic (exact) mass is 361 g/mol. The number of fused-ring (bicyclic) bond motifs is 1. The zero-order valence-electron chi connectivity index (χ0n) is 14.2. The molecule has 25 heavy (non-hydrogen) atoms. The third-order valence-electron chi connectivity index (χ3n) is 5.11. The summed E-state index contributed by atoms with van der Waals surface area (Å²) in [6.45, 7) is 1.98. The average molecular weight is 361 g/mol. The lowest BCUT2D eigenvalue weighted by Gasteiger charge is -2.30. The van der Waals surface area contributed by atoms with Gasteiger partial charge in [-0.05, 0) is 32.1 Å². The van der Waals surface area contributed by atoms with Crippen LogP contribution in [0, 0.1) is 5.92 Å². The van der Waals surface area contributed by atoms with Crippen molar-refractivity contribution in [3.8, 4) is 0 Å². The first-order chi connectivity index (χ1) is 12.2. The van der Waals surface area contributed by atoms with Gasteiger partial charge in [0.1, 0.15) is 6.10 Å².